The highest BCUT2D eigenvalue weighted by molar-refractivity contribution is 8.00. The number of para-hydroxylation sites is 1. The number of hydrogen-bond acceptors (Lipinski definition) is 5. The van der Waals surface area contributed by atoms with Crippen molar-refractivity contribution in [1.82, 2.24) is 9.97 Å². The Morgan fingerprint density at radius 3 is 2.64 bits per heavy atom. The minimum absolute atomic E-state index is 0.0841. The Bertz CT molecular complexity index is 1030. The van der Waals surface area contributed by atoms with Gasteiger partial charge in [-0.1, -0.05) is 41.6 Å². The molecule has 146 valence electrons. The maximum absolute atomic E-state index is 13.0. The predicted molar refractivity (Wildman–Crippen MR) is 102 cm³/mol. The number of alkyl halides is 3. The van der Waals surface area contributed by atoms with Gasteiger partial charge in [0.05, 0.1) is 23.4 Å². The minimum atomic E-state index is -4.68. The lowest BCUT2D eigenvalue weighted by Crippen LogP contribution is -2.15. The maximum atomic E-state index is 13.0. The van der Waals surface area contributed by atoms with E-state index in [0.717, 1.165) is 11.8 Å². The van der Waals surface area contributed by atoms with Gasteiger partial charge in [0.15, 0.2) is 0 Å². The summed E-state index contributed by atoms with van der Waals surface area (Å²) in [6.07, 6.45) is -4.68. The molecule has 0 aliphatic carbocycles. The molecular formula is C18H13ClF3N3O2S. The molecule has 0 atom stereocenters. The minimum Gasteiger partial charge on any atom is -0.495 e. The second kappa shape index (κ2) is 8.24. The van der Waals surface area contributed by atoms with E-state index >= 15 is 0 Å². The molecule has 0 saturated heterocycles. The van der Waals surface area contributed by atoms with Crippen molar-refractivity contribution in [2.24, 2.45) is 0 Å². The quantitative estimate of drug-likeness (QED) is 0.456. The van der Waals surface area contributed by atoms with Gasteiger partial charge in [0, 0.05) is 11.1 Å². The highest BCUT2D eigenvalue weighted by Crippen LogP contribution is 2.32. The van der Waals surface area contributed by atoms with Crippen LogP contribution in [0.4, 0.5) is 18.9 Å². The van der Waals surface area contributed by atoms with E-state index in [0.29, 0.717) is 21.8 Å². The Hall–Kier alpha value is -2.52. The van der Waals surface area contributed by atoms with Crippen molar-refractivity contribution in [2.45, 2.75) is 11.2 Å². The lowest BCUT2D eigenvalue weighted by molar-refractivity contribution is -0.145. The number of ether oxygens (including phenoxy) is 1. The summed E-state index contributed by atoms with van der Waals surface area (Å²) < 4.78 is 44.2. The number of amides is 1. The summed E-state index contributed by atoms with van der Waals surface area (Å²) in [6, 6.07) is 11.1. The lowest BCUT2D eigenvalue weighted by atomic mass is 10.2. The average Bonchev–Trinajstić information content (AvgIpc) is 2.65. The summed E-state index contributed by atoms with van der Waals surface area (Å²) in [7, 11) is 1.47. The Labute approximate surface area is 167 Å². The van der Waals surface area contributed by atoms with E-state index in [1.165, 1.54) is 19.2 Å². The summed E-state index contributed by atoms with van der Waals surface area (Å²) in [6.45, 7) is 0. The largest absolute Gasteiger partial charge is 0.495 e. The van der Waals surface area contributed by atoms with E-state index in [4.69, 9.17) is 16.3 Å². The number of carbonyl (C=O) groups excluding carboxylic acids is 1. The zero-order valence-corrected chi connectivity index (χ0v) is 16.0. The second-order valence-electron chi connectivity index (χ2n) is 5.55. The van der Waals surface area contributed by atoms with Crippen LogP contribution in [0.5, 0.6) is 5.75 Å². The van der Waals surface area contributed by atoms with Crippen LogP contribution in [-0.4, -0.2) is 28.7 Å². The Morgan fingerprint density at radius 2 is 1.96 bits per heavy atom. The molecule has 0 fully saturated rings. The highest BCUT2D eigenvalue weighted by Gasteiger charge is 2.35. The molecule has 0 saturated carbocycles. The molecule has 28 heavy (non-hydrogen) atoms. The standard InChI is InChI=1S/C18H13ClF3N3O2S/c1-27-14-7-6-10(8-12(14)19)23-15(26)9-28-16-11-4-2-3-5-13(11)24-17(25-16)18(20,21)22/h2-8H,9H2,1H3,(H,23,26). The number of anilines is 1. The molecule has 0 aliphatic rings. The second-order valence-corrected chi connectivity index (χ2v) is 6.92. The maximum Gasteiger partial charge on any atom is 0.451 e. The molecule has 1 heterocycles. The molecule has 0 aliphatic heterocycles. The van der Waals surface area contributed by atoms with E-state index < -0.39 is 17.9 Å². The van der Waals surface area contributed by atoms with Gasteiger partial charge in [-0.25, -0.2) is 9.97 Å². The molecule has 10 heteroatoms. The van der Waals surface area contributed by atoms with Gasteiger partial charge in [0.2, 0.25) is 11.7 Å². The molecule has 0 radical (unpaired) electrons. The van der Waals surface area contributed by atoms with Crippen LogP contribution < -0.4 is 10.1 Å². The van der Waals surface area contributed by atoms with Crippen LogP contribution >= 0.6 is 23.4 Å². The molecule has 1 amide bonds. The summed E-state index contributed by atoms with van der Waals surface area (Å²) in [5.74, 6) is -1.33. The molecular weight excluding hydrogens is 415 g/mol. The fourth-order valence-corrected chi connectivity index (χ4v) is 3.44. The number of rotatable bonds is 5. The fourth-order valence-electron chi connectivity index (χ4n) is 2.36. The van der Waals surface area contributed by atoms with Gasteiger partial charge < -0.3 is 10.1 Å². The summed E-state index contributed by atoms with van der Waals surface area (Å²) >= 11 is 6.90. The number of carbonyl (C=O) groups is 1. The summed E-state index contributed by atoms with van der Waals surface area (Å²) in [5, 5.41) is 3.48. The molecule has 1 N–H and O–H groups in total. The van der Waals surface area contributed by atoms with E-state index in [-0.39, 0.29) is 16.3 Å². The van der Waals surface area contributed by atoms with Gasteiger partial charge in [0.25, 0.3) is 0 Å². The molecule has 5 nitrogen and oxygen atoms in total. The molecule has 0 spiro atoms. The van der Waals surface area contributed by atoms with Crippen molar-refractivity contribution < 1.29 is 22.7 Å². The first-order chi connectivity index (χ1) is 13.3. The number of methoxy groups -OCH3 is 1. The molecule has 0 unspecified atom stereocenters. The lowest BCUT2D eigenvalue weighted by Gasteiger charge is -2.11. The van der Waals surface area contributed by atoms with E-state index in [2.05, 4.69) is 15.3 Å². The number of thioether (sulfide) groups is 1. The van der Waals surface area contributed by atoms with Crippen molar-refractivity contribution in [3.63, 3.8) is 0 Å². The van der Waals surface area contributed by atoms with Gasteiger partial charge in [-0.05, 0) is 24.3 Å². The van der Waals surface area contributed by atoms with Gasteiger partial charge in [-0.3, -0.25) is 4.79 Å². The first kappa shape index (κ1) is 20.2. The Kier molecular flexibility index (Phi) is 5.95. The van der Waals surface area contributed by atoms with E-state index in [1.807, 2.05) is 0 Å². The number of nitrogens with one attached hydrogen (secondary N) is 1. The van der Waals surface area contributed by atoms with Gasteiger partial charge in [-0.2, -0.15) is 13.2 Å². The van der Waals surface area contributed by atoms with Crippen LogP contribution in [0.3, 0.4) is 0 Å². The highest BCUT2D eigenvalue weighted by atomic mass is 35.5. The third kappa shape index (κ3) is 4.66. The molecule has 2 aromatic carbocycles. The van der Waals surface area contributed by atoms with Crippen molar-refractivity contribution in [3.05, 3.63) is 53.3 Å². The number of aromatic nitrogens is 2. The van der Waals surface area contributed by atoms with Crippen LogP contribution in [-0.2, 0) is 11.0 Å². The zero-order valence-electron chi connectivity index (χ0n) is 14.4. The third-order valence-electron chi connectivity index (χ3n) is 3.60. The SMILES string of the molecule is COc1ccc(NC(=O)CSc2nc(C(F)(F)F)nc3ccccc23)cc1Cl. The van der Waals surface area contributed by atoms with Gasteiger partial charge in [0.1, 0.15) is 10.8 Å². The normalized spacial score (nSPS) is 11.5. The molecule has 1 aromatic heterocycles. The van der Waals surface area contributed by atoms with E-state index in [1.54, 1.807) is 30.3 Å². The van der Waals surface area contributed by atoms with Crippen molar-refractivity contribution >= 4 is 45.9 Å². The fraction of sp³-hybridized carbons (Fsp3) is 0.167. The van der Waals surface area contributed by atoms with E-state index in [9.17, 15) is 18.0 Å². The predicted octanol–water partition coefficient (Wildman–Crippen LogP) is 5.04. The number of hydrogen-bond donors (Lipinski definition) is 1. The molecule has 3 rings (SSSR count). The summed E-state index contributed by atoms with van der Waals surface area (Å²) in [4.78, 5) is 19.3. The Morgan fingerprint density at radius 1 is 1.21 bits per heavy atom. The van der Waals surface area contributed by atoms with Crippen LogP contribution in [0.2, 0.25) is 5.02 Å². The van der Waals surface area contributed by atoms with Crippen molar-refractivity contribution in [3.8, 4) is 5.75 Å². The summed E-state index contributed by atoms with van der Waals surface area (Å²) in [5.41, 5.74) is 0.606. The van der Waals surface area contributed by atoms with Crippen LogP contribution in [0.1, 0.15) is 5.82 Å². The molecule has 3 aromatic rings. The zero-order chi connectivity index (χ0) is 20.3. The Balaban J connectivity index is 1.77. The number of fused-ring (bicyclic) bond motifs is 1. The molecule has 0 bridgehead atoms. The van der Waals surface area contributed by atoms with Gasteiger partial charge in [-0.15, -0.1) is 0 Å². The average molecular weight is 428 g/mol. The van der Waals surface area contributed by atoms with Crippen molar-refractivity contribution in [2.75, 3.05) is 18.2 Å². The number of benzene rings is 2. The van der Waals surface area contributed by atoms with Crippen LogP contribution in [0.25, 0.3) is 10.9 Å². The van der Waals surface area contributed by atoms with Gasteiger partial charge >= 0.3 is 6.18 Å². The smallest absolute Gasteiger partial charge is 0.451 e. The monoisotopic (exact) mass is 427 g/mol. The van der Waals surface area contributed by atoms with Crippen LogP contribution in [0, 0.1) is 0 Å². The third-order valence-corrected chi connectivity index (χ3v) is 4.88. The van der Waals surface area contributed by atoms with Crippen LogP contribution in [0.15, 0.2) is 47.5 Å². The van der Waals surface area contributed by atoms with Crippen molar-refractivity contribution in [1.29, 1.82) is 0 Å². The first-order valence-electron chi connectivity index (χ1n) is 7.88. The number of nitrogens with zero attached hydrogens (tertiary/aromatic N) is 2. The number of halogens is 4. The topological polar surface area (TPSA) is 64.1 Å². The first-order valence-corrected chi connectivity index (χ1v) is 9.24.